The number of nitriles is 1. The highest BCUT2D eigenvalue weighted by molar-refractivity contribution is 5.88. The summed E-state index contributed by atoms with van der Waals surface area (Å²) in [6.07, 6.45) is 1.78. The molecule has 1 aliphatic heterocycles. The second-order valence-electron chi connectivity index (χ2n) is 9.04. The second-order valence-corrected chi connectivity index (χ2v) is 9.04. The predicted octanol–water partition coefficient (Wildman–Crippen LogP) is 3.07. The van der Waals surface area contributed by atoms with Crippen molar-refractivity contribution in [3.63, 3.8) is 0 Å². The van der Waals surface area contributed by atoms with E-state index in [1.54, 1.807) is 35.7 Å². The molecule has 1 aliphatic rings. The van der Waals surface area contributed by atoms with Crippen molar-refractivity contribution in [1.29, 1.82) is 5.26 Å². The lowest BCUT2D eigenvalue weighted by Crippen LogP contribution is -2.57. The van der Waals surface area contributed by atoms with Crippen LogP contribution in [0.1, 0.15) is 37.9 Å². The molecule has 1 unspecified atom stereocenters. The summed E-state index contributed by atoms with van der Waals surface area (Å²) in [6, 6.07) is 13.2. The minimum atomic E-state index is -0.0687. The molecule has 0 radical (unpaired) electrons. The molecule has 3 atom stereocenters. The van der Waals surface area contributed by atoms with Gasteiger partial charge in [-0.1, -0.05) is 24.3 Å². The number of nitrogens with zero attached hydrogens (tertiary/aromatic N) is 6. The van der Waals surface area contributed by atoms with Crippen LogP contribution in [0, 0.1) is 11.3 Å². The van der Waals surface area contributed by atoms with Gasteiger partial charge in [-0.2, -0.15) is 10.4 Å². The molecule has 1 saturated heterocycles. The van der Waals surface area contributed by atoms with Crippen LogP contribution in [-0.2, 0) is 24.9 Å². The van der Waals surface area contributed by atoms with Crippen LogP contribution in [0.4, 0.5) is 5.69 Å². The maximum absolute atomic E-state index is 12.7. The zero-order valence-corrected chi connectivity index (χ0v) is 20.0. The molecule has 4 rings (SSSR count). The number of hydrogen-bond acceptors (Lipinski definition) is 6. The first-order valence-corrected chi connectivity index (χ1v) is 11.4. The number of benzene rings is 1. The van der Waals surface area contributed by atoms with E-state index in [-0.39, 0.29) is 30.2 Å². The van der Waals surface area contributed by atoms with Crippen LogP contribution >= 0.6 is 0 Å². The van der Waals surface area contributed by atoms with Gasteiger partial charge in [-0.25, -0.2) is 0 Å². The third-order valence-electron chi connectivity index (χ3n) is 6.78. The zero-order chi connectivity index (χ0) is 23.7. The fourth-order valence-electron chi connectivity index (χ4n) is 4.89. The largest absolute Gasteiger partial charge is 0.380 e. The molecule has 3 aromatic rings. The Hall–Kier alpha value is -3.15. The molecule has 0 saturated carbocycles. The summed E-state index contributed by atoms with van der Waals surface area (Å²) in [7, 11) is 3.46. The van der Waals surface area contributed by atoms with Gasteiger partial charge in [-0.05, 0) is 31.9 Å². The smallest absolute Gasteiger partial charge is 0.252 e. The summed E-state index contributed by atoms with van der Waals surface area (Å²) in [4.78, 5) is 17.5. The average Bonchev–Trinajstić information content (AvgIpc) is 3.22. The Balaban J connectivity index is 1.61. The fraction of sp³-hybridized carbons (Fsp3) is 0.480. The predicted molar refractivity (Wildman–Crippen MR) is 129 cm³/mol. The summed E-state index contributed by atoms with van der Waals surface area (Å²) >= 11 is 0. The molecule has 2 aromatic heterocycles. The lowest BCUT2D eigenvalue weighted by Gasteiger charge is -2.47. The van der Waals surface area contributed by atoms with Gasteiger partial charge in [0.1, 0.15) is 12.1 Å². The molecular formula is C25H32N6O2. The van der Waals surface area contributed by atoms with E-state index in [0.29, 0.717) is 6.61 Å². The van der Waals surface area contributed by atoms with Crippen LogP contribution < -0.4 is 10.5 Å². The van der Waals surface area contributed by atoms with Gasteiger partial charge in [-0.3, -0.25) is 14.4 Å². The molecule has 0 N–H and O–H groups in total. The highest BCUT2D eigenvalue weighted by Gasteiger charge is 2.33. The number of methoxy groups -OCH3 is 1. The molecule has 0 bridgehead atoms. The van der Waals surface area contributed by atoms with Gasteiger partial charge < -0.3 is 14.2 Å². The van der Waals surface area contributed by atoms with Crippen molar-refractivity contribution in [1.82, 2.24) is 19.2 Å². The lowest BCUT2D eigenvalue weighted by atomic mass is 9.99. The molecule has 0 aliphatic carbocycles. The summed E-state index contributed by atoms with van der Waals surface area (Å²) in [5.74, 6) is 0. The zero-order valence-electron chi connectivity index (χ0n) is 20.0. The molecule has 0 amide bonds. The number of aryl methyl sites for hydroxylation is 1. The van der Waals surface area contributed by atoms with Crippen LogP contribution in [0.5, 0.6) is 0 Å². The standard InChI is InChI=1S/C25H32N6O2/c1-17-14-31(22-12-24(32)28(4)23-15-29(11-10-26)27-25(22)23)18(2)13-30(17)19(3)21-8-6-20(7-9-21)16-33-5/h6-9,12,15,17-19H,11,13-14,16H2,1-5H3/t17-,18+,19?/m1/s1. The van der Waals surface area contributed by atoms with Gasteiger partial charge >= 0.3 is 0 Å². The van der Waals surface area contributed by atoms with Gasteiger partial charge in [0, 0.05) is 51.4 Å². The quantitative estimate of drug-likeness (QED) is 0.577. The van der Waals surface area contributed by atoms with Crippen LogP contribution in [-0.4, -0.2) is 51.5 Å². The Labute approximate surface area is 194 Å². The Morgan fingerprint density at radius 3 is 2.61 bits per heavy atom. The van der Waals surface area contributed by atoms with Gasteiger partial charge in [0.15, 0.2) is 0 Å². The Bertz CT molecular complexity index is 1220. The number of aromatic nitrogens is 3. The van der Waals surface area contributed by atoms with E-state index in [2.05, 4.69) is 66.0 Å². The Morgan fingerprint density at radius 1 is 1.21 bits per heavy atom. The van der Waals surface area contributed by atoms with E-state index in [4.69, 9.17) is 10.00 Å². The number of ether oxygens (including phenoxy) is 1. The second kappa shape index (κ2) is 9.38. The fourth-order valence-corrected chi connectivity index (χ4v) is 4.89. The van der Waals surface area contributed by atoms with Gasteiger partial charge in [0.05, 0.1) is 30.1 Å². The molecule has 1 aromatic carbocycles. The maximum Gasteiger partial charge on any atom is 0.252 e. The van der Waals surface area contributed by atoms with Crippen molar-refractivity contribution < 1.29 is 4.74 Å². The Morgan fingerprint density at radius 2 is 1.94 bits per heavy atom. The van der Waals surface area contributed by atoms with Crippen LogP contribution in [0.25, 0.3) is 11.0 Å². The SMILES string of the molecule is COCc1ccc(C(C)N2C[C@H](C)N(c3cc(=O)n(C)c4cn(CC#N)nc34)C[C@H]2C)cc1. The molecule has 174 valence electrons. The molecule has 0 spiro atoms. The Kier molecular flexibility index (Phi) is 6.54. The monoisotopic (exact) mass is 448 g/mol. The summed E-state index contributed by atoms with van der Waals surface area (Å²) < 4.78 is 8.43. The summed E-state index contributed by atoms with van der Waals surface area (Å²) in [6.45, 7) is 9.13. The maximum atomic E-state index is 12.7. The molecule has 33 heavy (non-hydrogen) atoms. The number of piperazine rings is 1. The topological polar surface area (TPSA) is 79.3 Å². The first kappa shape index (κ1) is 23.0. The van der Waals surface area contributed by atoms with E-state index in [1.165, 1.54) is 11.1 Å². The lowest BCUT2D eigenvalue weighted by molar-refractivity contribution is 0.119. The number of rotatable bonds is 6. The minimum Gasteiger partial charge on any atom is -0.380 e. The number of anilines is 1. The number of pyridine rings is 1. The molecule has 8 heteroatoms. The van der Waals surface area contributed by atoms with Crippen LogP contribution in [0.15, 0.2) is 41.3 Å². The van der Waals surface area contributed by atoms with E-state index in [9.17, 15) is 4.79 Å². The van der Waals surface area contributed by atoms with Crippen molar-refractivity contribution in [2.24, 2.45) is 7.05 Å². The minimum absolute atomic E-state index is 0.0687. The third-order valence-corrected chi connectivity index (χ3v) is 6.78. The normalized spacial score (nSPS) is 20.2. The molecule has 8 nitrogen and oxygen atoms in total. The van der Waals surface area contributed by atoms with E-state index < -0.39 is 0 Å². The van der Waals surface area contributed by atoms with Gasteiger partial charge in [-0.15, -0.1) is 0 Å². The van der Waals surface area contributed by atoms with Crippen molar-refractivity contribution in [3.05, 3.63) is 58.0 Å². The molecule has 1 fully saturated rings. The van der Waals surface area contributed by atoms with Gasteiger partial charge in [0.2, 0.25) is 0 Å². The number of hydrogen-bond donors (Lipinski definition) is 0. The summed E-state index contributed by atoms with van der Waals surface area (Å²) in [5, 5.41) is 13.7. The average molecular weight is 449 g/mol. The first-order chi connectivity index (χ1) is 15.8. The van der Waals surface area contributed by atoms with Crippen LogP contribution in [0.2, 0.25) is 0 Å². The van der Waals surface area contributed by atoms with E-state index in [0.717, 1.165) is 29.8 Å². The van der Waals surface area contributed by atoms with Crippen molar-refractivity contribution >= 4 is 16.7 Å². The van der Waals surface area contributed by atoms with Crippen molar-refractivity contribution in [2.45, 2.75) is 52.0 Å². The third kappa shape index (κ3) is 4.39. The molecular weight excluding hydrogens is 416 g/mol. The summed E-state index contributed by atoms with van der Waals surface area (Å²) in [5.41, 5.74) is 4.75. The molecule has 3 heterocycles. The highest BCUT2D eigenvalue weighted by Crippen LogP contribution is 2.32. The number of fused-ring (bicyclic) bond motifs is 1. The van der Waals surface area contributed by atoms with Crippen LogP contribution in [0.3, 0.4) is 0 Å². The van der Waals surface area contributed by atoms with Crippen molar-refractivity contribution in [3.8, 4) is 6.07 Å². The van der Waals surface area contributed by atoms with E-state index in [1.807, 2.05) is 0 Å². The first-order valence-electron chi connectivity index (χ1n) is 11.4. The van der Waals surface area contributed by atoms with Crippen molar-refractivity contribution in [2.75, 3.05) is 25.1 Å². The van der Waals surface area contributed by atoms with Gasteiger partial charge in [0.25, 0.3) is 5.56 Å². The highest BCUT2D eigenvalue weighted by atomic mass is 16.5. The van der Waals surface area contributed by atoms with E-state index >= 15 is 0 Å².